The van der Waals surface area contributed by atoms with Gasteiger partial charge in [0.25, 0.3) is 5.91 Å². The number of benzene rings is 2. The minimum atomic E-state index is -0.363. The van der Waals surface area contributed by atoms with Gasteiger partial charge in [-0.2, -0.15) is 0 Å². The molecular formula is C23H25FN2O4. The van der Waals surface area contributed by atoms with Crippen LogP contribution in [0.3, 0.4) is 0 Å². The Balaban J connectivity index is 1.52. The summed E-state index contributed by atoms with van der Waals surface area (Å²) in [7, 11) is 3.06. The van der Waals surface area contributed by atoms with Crippen molar-refractivity contribution in [2.24, 2.45) is 0 Å². The lowest BCUT2D eigenvalue weighted by Gasteiger charge is -2.31. The highest BCUT2D eigenvalue weighted by atomic mass is 19.1. The SMILES string of the molecule is COc1ccc(C(=O)NC2CCN(C(=O)/C=C/c3ccccc3F)CC2)cc1OC. The molecule has 6 nitrogen and oxygen atoms in total. The Morgan fingerprint density at radius 1 is 1.07 bits per heavy atom. The largest absolute Gasteiger partial charge is 0.493 e. The van der Waals surface area contributed by atoms with E-state index in [1.807, 2.05) is 0 Å². The molecule has 2 aromatic rings. The van der Waals surface area contributed by atoms with Crippen LogP contribution in [0.15, 0.2) is 48.5 Å². The predicted octanol–water partition coefficient (Wildman–Crippen LogP) is 3.28. The Morgan fingerprint density at radius 2 is 1.77 bits per heavy atom. The van der Waals surface area contributed by atoms with Crippen molar-refractivity contribution < 1.29 is 23.5 Å². The van der Waals surface area contributed by atoms with Gasteiger partial charge in [0.15, 0.2) is 11.5 Å². The fraction of sp³-hybridized carbons (Fsp3) is 0.304. The second-order valence-corrected chi connectivity index (χ2v) is 7.00. The maximum Gasteiger partial charge on any atom is 0.251 e. The highest BCUT2D eigenvalue weighted by Gasteiger charge is 2.23. The van der Waals surface area contributed by atoms with E-state index in [0.717, 1.165) is 0 Å². The molecule has 1 fully saturated rings. The van der Waals surface area contributed by atoms with Crippen molar-refractivity contribution in [3.05, 3.63) is 65.5 Å². The van der Waals surface area contributed by atoms with Crippen molar-refractivity contribution in [3.63, 3.8) is 0 Å². The van der Waals surface area contributed by atoms with E-state index in [9.17, 15) is 14.0 Å². The second-order valence-electron chi connectivity index (χ2n) is 7.00. The number of likely N-dealkylation sites (tertiary alicyclic amines) is 1. The first-order valence-electron chi connectivity index (χ1n) is 9.76. The minimum Gasteiger partial charge on any atom is -0.493 e. The first-order valence-corrected chi connectivity index (χ1v) is 9.76. The predicted molar refractivity (Wildman–Crippen MR) is 112 cm³/mol. The van der Waals surface area contributed by atoms with Gasteiger partial charge in [-0.15, -0.1) is 0 Å². The molecule has 158 valence electrons. The maximum atomic E-state index is 13.7. The molecule has 1 aliphatic rings. The van der Waals surface area contributed by atoms with Gasteiger partial charge in [0, 0.05) is 36.3 Å². The number of piperidine rings is 1. The molecule has 1 N–H and O–H groups in total. The lowest BCUT2D eigenvalue weighted by molar-refractivity contribution is -0.126. The Hall–Kier alpha value is -3.35. The number of halogens is 1. The molecule has 0 radical (unpaired) electrons. The molecule has 2 amide bonds. The van der Waals surface area contributed by atoms with Crippen LogP contribution >= 0.6 is 0 Å². The van der Waals surface area contributed by atoms with E-state index < -0.39 is 0 Å². The summed E-state index contributed by atoms with van der Waals surface area (Å²) >= 11 is 0. The van der Waals surface area contributed by atoms with Gasteiger partial charge in [-0.05, 0) is 43.2 Å². The lowest BCUT2D eigenvalue weighted by Crippen LogP contribution is -2.46. The van der Waals surface area contributed by atoms with Gasteiger partial charge < -0.3 is 19.7 Å². The van der Waals surface area contributed by atoms with E-state index in [4.69, 9.17) is 9.47 Å². The average Bonchev–Trinajstić information content (AvgIpc) is 2.78. The van der Waals surface area contributed by atoms with Gasteiger partial charge in [-0.1, -0.05) is 18.2 Å². The van der Waals surface area contributed by atoms with E-state index >= 15 is 0 Å². The molecule has 0 saturated carbocycles. The Kier molecular flexibility index (Phi) is 7.06. The van der Waals surface area contributed by atoms with E-state index in [1.165, 1.54) is 32.4 Å². The summed E-state index contributed by atoms with van der Waals surface area (Å²) in [4.78, 5) is 26.6. The van der Waals surface area contributed by atoms with Crippen LogP contribution < -0.4 is 14.8 Å². The molecule has 1 aliphatic heterocycles. The molecule has 2 aromatic carbocycles. The Bertz CT molecular complexity index is 937. The van der Waals surface area contributed by atoms with E-state index in [0.29, 0.717) is 48.6 Å². The zero-order chi connectivity index (χ0) is 21.5. The van der Waals surface area contributed by atoms with Crippen LogP contribution in [0.2, 0.25) is 0 Å². The smallest absolute Gasteiger partial charge is 0.251 e. The first-order chi connectivity index (χ1) is 14.5. The van der Waals surface area contributed by atoms with E-state index in [2.05, 4.69) is 5.32 Å². The van der Waals surface area contributed by atoms with Crippen LogP contribution in [0.25, 0.3) is 6.08 Å². The highest BCUT2D eigenvalue weighted by molar-refractivity contribution is 5.95. The topological polar surface area (TPSA) is 67.9 Å². The van der Waals surface area contributed by atoms with Crippen molar-refractivity contribution in [1.29, 1.82) is 0 Å². The molecule has 0 aliphatic carbocycles. The summed E-state index contributed by atoms with van der Waals surface area (Å²) in [6.45, 7) is 1.05. The zero-order valence-corrected chi connectivity index (χ0v) is 17.1. The van der Waals surface area contributed by atoms with Gasteiger partial charge in [-0.25, -0.2) is 4.39 Å². The summed E-state index contributed by atoms with van der Waals surface area (Å²) in [5.41, 5.74) is 0.863. The summed E-state index contributed by atoms with van der Waals surface area (Å²) < 4.78 is 24.1. The number of hydrogen-bond acceptors (Lipinski definition) is 4. The van der Waals surface area contributed by atoms with Crippen molar-refractivity contribution in [1.82, 2.24) is 10.2 Å². The Morgan fingerprint density at radius 3 is 2.43 bits per heavy atom. The number of carbonyl (C=O) groups is 2. The fourth-order valence-electron chi connectivity index (χ4n) is 3.37. The number of ether oxygens (including phenoxy) is 2. The third kappa shape index (κ3) is 5.17. The molecule has 0 bridgehead atoms. The van der Waals surface area contributed by atoms with E-state index in [-0.39, 0.29) is 23.7 Å². The van der Waals surface area contributed by atoms with Crippen LogP contribution in [-0.4, -0.2) is 50.1 Å². The molecule has 30 heavy (non-hydrogen) atoms. The molecule has 0 spiro atoms. The fourth-order valence-corrected chi connectivity index (χ4v) is 3.37. The molecule has 3 rings (SSSR count). The normalized spacial score (nSPS) is 14.6. The Labute approximate surface area is 175 Å². The first kappa shape index (κ1) is 21.4. The number of carbonyl (C=O) groups excluding carboxylic acids is 2. The van der Waals surface area contributed by atoms with Crippen molar-refractivity contribution >= 4 is 17.9 Å². The van der Waals surface area contributed by atoms with Crippen molar-refractivity contribution in [2.75, 3.05) is 27.3 Å². The third-order valence-electron chi connectivity index (χ3n) is 5.10. The number of methoxy groups -OCH3 is 2. The maximum absolute atomic E-state index is 13.7. The number of hydrogen-bond donors (Lipinski definition) is 1. The molecule has 0 atom stereocenters. The highest BCUT2D eigenvalue weighted by Crippen LogP contribution is 2.27. The van der Waals surface area contributed by atoms with Crippen LogP contribution in [-0.2, 0) is 4.79 Å². The zero-order valence-electron chi connectivity index (χ0n) is 17.1. The summed E-state index contributed by atoms with van der Waals surface area (Å²) in [6.07, 6.45) is 4.18. The summed E-state index contributed by atoms with van der Waals surface area (Å²) in [6, 6.07) is 11.3. The van der Waals surface area contributed by atoms with Gasteiger partial charge >= 0.3 is 0 Å². The van der Waals surface area contributed by atoms with Gasteiger partial charge in [0.2, 0.25) is 5.91 Å². The number of amides is 2. The molecule has 7 heteroatoms. The number of nitrogens with zero attached hydrogens (tertiary/aromatic N) is 1. The lowest BCUT2D eigenvalue weighted by atomic mass is 10.0. The van der Waals surface area contributed by atoms with Crippen LogP contribution in [0.4, 0.5) is 4.39 Å². The molecule has 0 aromatic heterocycles. The summed E-state index contributed by atoms with van der Waals surface area (Å²) in [5.74, 6) is 0.331. The molecule has 1 heterocycles. The number of nitrogens with one attached hydrogen (secondary N) is 1. The average molecular weight is 412 g/mol. The van der Waals surface area contributed by atoms with Crippen LogP contribution in [0, 0.1) is 5.82 Å². The van der Waals surface area contributed by atoms with E-state index in [1.54, 1.807) is 41.3 Å². The third-order valence-corrected chi connectivity index (χ3v) is 5.10. The second kappa shape index (κ2) is 9.91. The van der Waals surface area contributed by atoms with Crippen molar-refractivity contribution in [2.45, 2.75) is 18.9 Å². The standard InChI is InChI=1S/C23H25FN2O4/c1-29-20-9-7-17(15-21(20)30-2)23(28)25-18-11-13-26(14-12-18)22(27)10-8-16-5-3-4-6-19(16)24/h3-10,15,18H,11-14H2,1-2H3,(H,25,28)/b10-8+. The van der Waals surface area contributed by atoms with Crippen LogP contribution in [0.1, 0.15) is 28.8 Å². The van der Waals surface area contributed by atoms with Crippen molar-refractivity contribution in [3.8, 4) is 11.5 Å². The van der Waals surface area contributed by atoms with Gasteiger partial charge in [-0.3, -0.25) is 9.59 Å². The minimum absolute atomic E-state index is 0.0230. The van der Waals surface area contributed by atoms with Gasteiger partial charge in [0.05, 0.1) is 14.2 Å². The molecular weight excluding hydrogens is 387 g/mol. The quantitative estimate of drug-likeness (QED) is 0.740. The summed E-state index contributed by atoms with van der Waals surface area (Å²) in [5, 5.41) is 3.01. The van der Waals surface area contributed by atoms with Crippen LogP contribution in [0.5, 0.6) is 11.5 Å². The van der Waals surface area contributed by atoms with Gasteiger partial charge in [0.1, 0.15) is 5.82 Å². The monoisotopic (exact) mass is 412 g/mol. The number of rotatable bonds is 6. The molecule has 0 unspecified atom stereocenters. The molecule has 1 saturated heterocycles.